The second-order valence-corrected chi connectivity index (χ2v) is 7.15. The van der Waals surface area contributed by atoms with E-state index < -0.39 is 0 Å². The van der Waals surface area contributed by atoms with Gasteiger partial charge in [0, 0.05) is 18.8 Å². The number of amides is 1. The Bertz CT molecular complexity index is 766. The predicted molar refractivity (Wildman–Crippen MR) is 102 cm³/mol. The molecule has 3 heterocycles. The molecule has 1 amide bonds. The van der Waals surface area contributed by atoms with Crippen LogP contribution in [0.3, 0.4) is 0 Å². The molecule has 1 aromatic heterocycles. The van der Waals surface area contributed by atoms with Gasteiger partial charge >= 0.3 is 0 Å². The van der Waals surface area contributed by atoms with Crippen molar-refractivity contribution in [3.63, 3.8) is 0 Å². The number of aryl methyl sites for hydroxylation is 1. The van der Waals surface area contributed by atoms with Crippen LogP contribution in [-0.4, -0.2) is 42.3 Å². The number of piperidine rings is 1. The molecule has 0 atom stereocenters. The molecule has 2 saturated heterocycles. The van der Waals surface area contributed by atoms with E-state index in [-0.39, 0.29) is 11.8 Å². The minimum atomic E-state index is 0.0201. The Morgan fingerprint density at radius 3 is 2.42 bits per heavy atom. The van der Waals surface area contributed by atoms with Crippen molar-refractivity contribution < 1.29 is 4.79 Å². The van der Waals surface area contributed by atoms with Crippen molar-refractivity contribution in [3.05, 3.63) is 47.8 Å². The summed E-state index contributed by atoms with van der Waals surface area (Å²) in [5.74, 6) is 0.746. The molecular formula is C20H25N5O. The van der Waals surface area contributed by atoms with E-state index in [4.69, 9.17) is 0 Å². The number of aromatic nitrogens is 2. The first-order valence-corrected chi connectivity index (χ1v) is 9.37. The fourth-order valence-electron chi connectivity index (χ4n) is 3.71. The molecule has 2 N–H and O–H groups in total. The molecule has 26 heavy (non-hydrogen) atoms. The van der Waals surface area contributed by atoms with E-state index in [0.717, 1.165) is 43.2 Å². The number of carbonyl (C=O) groups excluding carboxylic acids is 1. The summed E-state index contributed by atoms with van der Waals surface area (Å²) in [4.78, 5) is 14.9. The topological polar surface area (TPSA) is 70.2 Å². The third kappa shape index (κ3) is 3.34. The summed E-state index contributed by atoms with van der Waals surface area (Å²) < 4.78 is 0. The van der Waals surface area contributed by atoms with Crippen molar-refractivity contribution >= 4 is 17.3 Å². The van der Waals surface area contributed by atoms with Gasteiger partial charge in [-0.3, -0.25) is 9.69 Å². The first kappa shape index (κ1) is 17.1. The molecule has 0 unspecified atom stereocenters. The molecule has 6 nitrogen and oxygen atoms in total. The van der Waals surface area contributed by atoms with Gasteiger partial charge in [0.15, 0.2) is 0 Å². The molecular weight excluding hydrogens is 326 g/mol. The first-order valence-electron chi connectivity index (χ1n) is 9.37. The van der Waals surface area contributed by atoms with Crippen LogP contribution in [-0.2, 0) is 4.79 Å². The maximum atomic E-state index is 13.1. The molecule has 4 rings (SSSR count). The van der Waals surface area contributed by atoms with E-state index in [1.54, 1.807) is 6.20 Å². The number of nitrogens with one attached hydrogen (secondary N) is 2. The fraction of sp³-hybridized carbons (Fsp3) is 0.450. The lowest BCUT2D eigenvalue weighted by atomic mass is 9.90. The zero-order valence-corrected chi connectivity index (χ0v) is 15.1. The molecule has 2 aliphatic rings. The van der Waals surface area contributed by atoms with Gasteiger partial charge in [-0.2, -0.15) is 10.2 Å². The summed E-state index contributed by atoms with van der Waals surface area (Å²) in [6.45, 7) is 5.52. The number of benzene rings is 1. The first-order chi connectivity index (χ1) is 12.7. The van der Waals surface area contributed by atoms with E-state index in [9.17, 15) is 4.79 Å². The Balaban J connectivity index is 1.65. The number of carbonyl (C=O) groups is 1. The predicted octanol–water partition coefficient (Wildman–Crippen LogP) is 2.14. The van der Waals surface area contributed by atoms with Gasteiger partial charge in [0.2, 0.25) is 5.91 Å². The minimum Gasteiger partial charge on any atom is -0.317 e. The quantitative estimate of drug-likeness (QED) is 0.883. The Labute approximate surface area is 154 Å². The van der Waals surface area contributed by atoms with E-state index >= 15 is 0 Å². The Kier molecular flexibility index (Phi) is 4.95. The third-order valence-electron chi connectivity index (χ3n) is 5.43. The highest BCUT2D eigenvalue weighted by molar-refractivity contribution is 6.02. The lowest BCUT2D eigenvalue weighted by Crippen LogP contribution is -2.51. The number of nitrogens with zero attached hydrogens (tertiary/aromatic N) is 3. The van der Waals surface area contributed by atoms with Crippen molar-refractivity contribution in [1.82, 2.24) is 20.8 Å². The third-order valence-corrected chi connectivity index (χ3v) is 5.43. The molecule has 2 fully saturated rings. The summed E-state index contributed by atoms with van der Waals surface area (Å²) in [5, 5.41) is 14.7. The Morgan fingerprint density at radius 2 is 1.81 bits per heavy atom. The monoisotopic (exact) mass is 351 g/mol. The van der Waals surface area contributed by atoms with Gasteiger partial charge in [-0.1, -0.05) is 12.1 Å². The van der Waals surface area contributed by atoms with E-state index in [1.807, 2.05) is 17.9 Å². The van der Waals surface area contributed by atoms with Gasteiger partial charge < -0.3 is 10.6 Å². The zero-order chi connectivity index (χ0) is 17.9. The fourth-order valence-corrected chi connectivity index (χ4v) is 3.71. The highest BCUT2D eigenvalue weighted by Crippen LogP contribution is 2.32. The van der Waals surface area contributed by atoms with Crippen LogP contribution in [0.5, 0.6) is 0 Å². The van der Waals surface area contributed by atoms with Crippen molar-refractivity contribution in [3.8, 4) is 0 Å². The van der Waals surface area contributed by atoms with Crippen LogP contribution >= 0.6 is 0 Å². The van der Waals surface area contributed by atoms with Crippen LogP contribution in [0.25, 0.3) is 0 Å². The summed E-state index contributed by atoms with van der Waals surface area (Å²) in [5.41, 5.74) is 3.83. The van der Waals surface area contributed by atoms with E-state index in [0.29, 0.717) is 5.92 Å². The van der Waals surface area contributed by atoms with Gasteiger partial charge in [-0.25, -0.2) is 0 Å². The van der Waals surface area contributed by atoms with Crippen molar-refractivity contribution in [1.29, 1.82) is 0 Å². The number of rotatable bonds is 4. The Morgan fingerprint density at radius 1 is 1.08 bits per heavy atom. The van der Waals surface area contributed by atoms with E-state index in [1.165, 1.54) is 18.4 Å². The van der Waals surface area contributed by atoms with Crippen molar-refractivity contribution in [2.75, 3.05) is 31.1 Å². The second kappa shape index (κ2) is 7.51. The van der Waals surface area contributed by atoms with Crippen LogP contribution in [0.2, 0.25) is 0 Å². The average Bonchev–Trinajstić information content (AvgIpc) is 2.63. The summed E-state index contributed by atoms with van der Waals surface area (Å²) in [6.07, 6.45) is 3.98. The molecule has 0 radical (unpaired) electrons. The number of anilines is 2. The van der Waals surface area contributed by atoms with Crippen LogP contribution in [0, 0.1) is 12.8 Å². The molecule has 6 heteroatoms. The molecule has 1 aromatic carbocycles. The molecule has 0 bridgehead atoms. The molecule has 2 aromatic rings. The average molecular weight is 351 g/mol. The maximum Gasteiger partial charge on any atom is 0.237 e. The van der Waals surface area contributed by atoms with Gasteiger partial charge in [0.05, 0.1) is 23.5 Å². The molecule has 0 saturated carbocycles. The van der Waals surface area contributed by atoms with Gasteiger partial charge in [0.1, 0.15) is 0 Å². The lowest BCUT2D eigenvalue weighted by molar-refractivity contribution is -0.123. The van der Waals surface area contributed by atoms with Gasteiger partial charge in [0.25, 0.3) is 0 Å². The summed E-state index contributed by atoms with van der Waals surface area (Å²) >= 11 is 0. The maximum absolute atomic E-state index is 13.1. The Hall–Kier alpha value is -2.31. The molecule has 0 spiro atoms. The normalized spacial score (nSPS) is 18.3. The van der Waals surface area contributed by atoms with Crippen LogP contribution < -0.4 is 15.5 Å². The van der Waals surface area contributed by atoms with Crippen LogP contribution in [0.4, 0.5) is 11.4 Å². The molecule has 136 valence electrons. The molecule has 0 aliphatic carbocycles. The highest BCUT2D eigenvalue weighted by Gasteiger charge is 2.32. The number of hydrogen-bond donors (Lipinski definition) is 2. The van der Waals surface area contributed by atoms with E-state index in [2.05, 4.69) is 45.1 Å². The van der Waals surface area contributed by atoms with Gasteiger partial charge in [-0.15, -0.1) is 0 Å². The summed E-state index contributed by atoms with van der Waals surface area (Å²) in [6, 6.07) is 10.4. The SMILES string of the molecule is Cc1nnccc1N(C(=O)C1CNC1)c1ccc(C2CCNCC2)cc1. The lowest BCUT2D eigenvalue weighted by Gasteiger charge is -2.33. The standard InChI is InChI=1S/C20H25N5O/c1-14-19(8-11-23-24-14)25(20(26)17-12-22-13-17)18-4-2-15(3-5-18)16-6-9-21-10-7-16/h2-5,8,11,16-17,21-22H,6-7,9-10,12-13H2,1H3. The van der Waals surface area contributed by atoms with Gasteiger partial charge in [-0.05, 0) is 62.5 Å². The largest absolute Gasteiger partial charge is 0.317 e. The number of hydrogen-bond acceptors (Lipinski definition) is 5. The summed E-state index contributed by atoms with van der Waals surface area (Å²) in [7, 11) is 0. The molecule has 2 aliphatic heterocycles. The highest BCUT2D eigenvalue weighted by atomic mass is 16.2. The van der Waals surface area contributed by atoms with Crippen molar-refractivity contribution in [2.45, 2.75) is 25.7 Å². The zero-order valence-electron chi connectivity index (χ0n) is 15.1. The smallest absolute Gasteiger partial charge is 0.237 e. The second-order valence-electron chi connectivity index (χ2n) is 7.15. The minimum absolute atomic E-state index is 0.0201. The van der Waals surface area contributed by atoms with Crippen LogP contribution in [0.15, 0.2) is 36.5 Å². The van der Waals surface area contributed by atoms with Crippen molar-refractivity contribution in [2.24, 2.45) is 5.92 Å². The van der Waals surface area contributed by atoms with Crippen LogP contribution in [0.1, 0.15) is 30.0 Å².